The predicted molar refractivity (Wildman–Crippen MR) is 163 cm³/mol. The molecule has 10 nitrogen and oxygen atoms in total. The summed E-state index contributed by atoms with van der Waals surface area (Å²) in [5, 5.41) is 21.0. The molecule has 12 heteroatoms. The van der Waals surface area contributed by atoms with Gasteiger partial charge in [0.15, 0.2) is 5.15 Å². The van der Waals surface area contributed by atoms with Gasteiger partial charge in [-0.2, -0.15) is 5.26 Å². The summed E-state index contributed by atoms with van der Waals surface area (Å²) in [5.74, 6) is -0.424. The fraction of sp³-hybridized carbons (Fsp3) is 0.194. The number of anilines is 1. The number of hydrogen-bond donors (Lipinski definition) is 1. The average Bonchev–Trinajstić information content (AvgIpc) is 3.44. The minimum atomic E-state index is -0.361. The Balaban J connectivity index is 1.44. The van der Waals surface area contributed by atoms with E-state index < -0.39 is 0 Å². The van der Waals surface area contributed by atoms with Crippen LogP contribution in [0.15, 0.2) is 78.1 Å². The van der Waals surface area contributed by atoms with Crippen molar-refractivity contribution >= 4 is 34.8 Å². The number of carbonyl (C=O) groups is 1. The van der Waals surface area contributed by atoms with E-state index in [9.17, 15) is 14.9 Å². The lowest BCUT2D eigenvalue weighted by atomic mass is 9.94. The maximum Gasteiger partial charge on any atom is 0.254 e. The van der Waals surface area contributed by atoms with Crippen molar-refractivity contribution in [1.29, 1.82) is 5.26 Å². The molecule has 1 aliphatic heterocycles. The summed E-state index contributed by atoms with van der Waals surface area (Å²) in [5.41, 5.74) is 4.49. The first-order valence-electron chi connectivity index (χ1n) is 13.6. The van der Waals surface area contributed by atoms with E-state index >= 15 is 0 Å². The summed E-state index contributed by atoms with van der Waals surface area (Å²) in [6.07, 6.45) is 6.67. The maximum absolute atomic E-state index is 13.7. The van der Waals surface area contributed by atoms with Crippen LogP contribution < -0.4 is 10.9 Å². The normalized spacial score (nSPS) is 16.7. The molecule has 0 saturated carbocycles. The van der Waals surface area contributed by atoms with Crippen molar-refractivity contribution in [3.8, 4) is 34.3 Å². The number of halogens is 2. The van der Waals surface area contributed by atoms with E-state index in [1.54, 1.807) is 53.4 Å². The molecule has 0 aliphatic carbocycles. The highest BCUT2D eigenvalue weighted by Gasteiger charge is 2.23. The molecule has 4 heterocycles. The molecular formula is C31H24Cl2N8O2. The predicted octanol–water partition coefficient (Wildman–Crippen LogP) is 6.08. The van der Waals surface area contributed by atoms with E-state index in [0.29, 0.717) is 63.7 Å². The Bertz CT molecular complexity index is 1960. The van der Waals surface area contributed by atoms with E-state index in [2.05, 4.69) is 31.7 Å². The Hall–Kier alpha value is -4.85. The number of nitrogens with one attached hydrogen (secondary N) is 1. The zero-order chi connectivity index (χ0) is 30.1. The van der Waals surface area contributed by atoms with Crippen LogP contribution in [0.5, 0.6) is 0 Å². The van der Waals surface area contributed by atoms with Crippen molar-refractivity contribution in [1.82, 2.24) is 29.5 Å². The number of pyridine rings is 1. The van der Waals surface area contributed by atoms with E-state index in [0.717, 1.165) is 5.56 Å². The van der Waals surface area contributed by atoms with Gasteiger partial charge in [-0.05, 0) is 66.9 Å². The molecule has 0 fully saturated rings. The first-order chi connectivity index (χ1) is 20.8. The SMILES string of the molecule is CC1CCCC(n2cnc(-c3cc(Cl)ccc3-n3cc(Cl)nn3)cc2=O)c2ccnc(c2)-c2ccc(C#N)cc2NC1=O. The summed E-state index contributed by atoms with van der Waals surface area (Å²) in [6, 6.07) is 17.3. The second-order valence-electron chi connectivity index (χ2n) is 10.4. The lowest BCUT2D eigenvalue weighted by Crippen LogP contribution is -2.26. The third kappa shape index (κ3) is 5.78. The molecule has 2 bridgehead atoms. The Morgan fingerprint density at radius 1 is 0.977 bits per heavy atom. The second kappa shape index (κ2) is 11.8. The van der Waals surface area contributed by atoms with Crippen molar-refractivity contribution in [3.05, 3.63) is 105 Å². The number of aromatic nitrogens is 6. The summed E-state index contributed by atoms with van der Waals surface area (Å²) in [4.78, 5) is 36.0. The quantitative estimate of drug-likeness (QED) is 0.262. The van der Waals surface area contributed by atoms with Crippen molar-refractivity contribution < 1.29 is 4.79 Å². The number of carbonyl (C=O) groups excluding carboxylic acids is 1. The first kappa shape index (κ1) is 28.3. The second-order valence-corrected chi connectivity index (χ2v) is 11.2. The van der Waals surface area contributed by atoms with Crippen LogP contribution in [0.4, 0.5) is 5.69 Å². The smallest absolute Gasteiger partial charge is 0.254 e. The van der Waals surface area contributed by atoms with E-state index in [-0.39, 0.29) is 28.6 Å². The molecule has 43 heavy (non-hydrogen) atoms. The monoisotopic (exact) mass is 610 g/mol. The number of rotatable bonds is 3. The number of fused-ring (bicyclic) bond motifs is 4. The number of nitriles is 1. The first-order valence-corrected chi connectivity index (χ1v) is 14.3. The van der Waals surface area contributed by atoms with Gasteiger partial charge in [-0.15, -0.1) is 5.10 Å². The van der Waals surface area contributed by atoms with E-state index in [1.165, 1.54) is 17.1 Å². The van der Waals surface area contributed by atoms with Gasteiger partial charge in [-0.1, -0.05) is 41.8 Å². The molecule has 214 valence electrons. The standard InChI is InChI=1S/C31H24Cl2N8O2/c1-18-3-2-4-27(20-9-10-35-24(12-20)22-7-5-19(15-34)11-26(22)37-31(18)43)40-17-36-25(14-30(40)42)23-13-21(32)6-8-28(23)41-16-29(33)38-39-41/h5-14,16-18,27H,2-4H2,1H3,(H,37,43). The fourth-order valence-corrected chi connectivity index (χ4v) is 5.58. The summed E-state index contributed by atoms with van der Waals surface area (Å²) in [6.45, 7) is 1.87. The zero-order valence-corrected chi connectivity index (χ0v) is 24.4. The number of benzene rings is 2. The Morgan fingerprint density at radius 3 is 2.58 bits per heavy atom. The largest absolute Gasteiger partial charge is 0.325 e. The van der Waals surface area contributed by atoms with Crippen LogP contribution in [-0.4, -0.2) is 35.4 Å². The van der Waals surface area contributed by atoms with Crippen LogP contribution in [0.1, 0.15) is 43.4 Å². The molecule has 2 atom stereocenters. The van der Waals surface area contributed by atoms with Crippen molar-refractivity contribution in [2.45, 2.75) is 32.2 Å². The maximum atomic E-state index is 13.7. The van der Waals surface area contributed by atoms with Crippen LogP contribution in [0.2, 0.25) is 10.2 Å². The molecule has 0 saturated heterocycles. The topological polar surface area (TPSA) is 131 Å². The molecule has 1 N–H and O–H groups in total. The molecule has 6 rings (SSSR count). The molecule has 0 spiro atoms. The van der Waals surface area contributed by atoms with Gasteiger partial charge >= 0.3 is 0 Å². The summed E-state index contributed by atoms with van der Waals surface area (Å²) >= 11 is 12.3. The lowest BCUT2D eigenvalue weighted by molar-refractivity contribution is -0.119. The van der Waals surface area contributed by atoms with Gasteiger partial charge in [0.05, 0.1) is 53.0 Å². The van der Waals surface area contributed by atoms with Gasteiger partial charge in [-0.25, -0.2) is 9.67 Å². The summed E-state index contributed by atoms with van der Waals surface area (Å²) in [7, 11) is 0. The molecule has 1 amide bonds. The minimum Gasteiger partial charge on any atom is -0.325 e. The minimum absolute atomic E-state index is 0.140. The molecule has 2 aromatic carbocycles. The molecule has 2 unspecified atom stereocenters. The molecule has 5 aromatic rings. The van der Waals surface area contributed by atoms with E-state index in [1.807, 2.05) is 19.1 Å². The molecule has 3 aromatic heterocycles. The van der Waals surface area contributed by atoms with Crippen molar-refractivity contribution in [2.24, 2.45) is 5.92 Å². The Morgan fingerprint density at radius 2 is 1.81 bits per heavy atom. The van der Waals surface area contributed by atoms with Crippen LogP contribution in [-0.2, 0) is 4.79 Å². The van der Waals surface area contributed by atoms with Gasteiger partial charge in [0.2, 0.25) is 5.91 Å². The number of nitrogens with zero attached hydrogens (tertiary/aromatic N) is 7. The van der Waals surface area contributed by atoms with Gasteiger partial charge < -0.3 is 5.32 Å². The Labute approximate surface area is 256 Å². The van der Waals surface area contributed by atoms with Crippen LogP contribution in [0.25, 0.3) is 28.2 Å². The van der Waals surface area contributed by atoms with Gasteiger partial charge in [0, 0.05) is 34.3 Å². The third-order valence-corrected chi connectivity index (χ3v) is 7.94. The van der Waals surface area contributed by atoms with Gasteiger partial charge in [0.25, 0.3) is 5.56 Å². The van der Waals surface area contributed by atoms with Crippen LogP contribution >= 0.6 is 23.2 Å². The molecule has 1 aliphatic rings. The number of amides is 1. The lowest BCUT2D eigenvalue weighted by Gasteiger charge is -2.23. The van der Waals surface area contributed by atoms with Gasteiger partial charge in [-0.3, -0.25) is 19.1 Å². The van der Waals surface area contributed by atoms with Crippen LogP contribution in [0, 0.1) is 17.2 Å². The van der Waals surface area contributed by atoms with Crippen molar-refractivity contribution in [3.63, 3.8) is 0 Å². The highest BCUT2D eigenvalue weighted by molar-refractivity contribution is 6.31. The highest BCUT2D eigenvalue weighted by atomic mass is 35.5. The fourth-order valence-electron chi connectivity index (χ4n) is 5.28. The zero-order valence-electron chi connectivity index (χ0n) is 22.9. The van der Waals surface area contributed by atoms with Gasteiger partial charge in [0.1, 0.15) is 0 Å². The van der Waals surface area contributed by atoms with Crippen molar-refractivity contribution in [2.75, 3.05) is 5.32 Å². The van der Waals surface area contributed by atoms with Crippen LogP contribution in [0.3, 0.4) is 0 Å². The third-order valence-electron chi connectivity index (χ3n) is 7.53. The summed E-state index contributed by atoms with van der Waals surface area (Å²) < 4.78 is 3.11. The average molecular weight is 611 g/mol. The Kier molecular flexibility index (Phi) is 7.76. The number of hydrogen-bond acceptors (Lipinski definition) is 7. The molecule has 0 radical (unpaired) electrons. The highest BCUT2D eigenvalue weighted by Crippen LogP contribution is 2.34. The van der Waals surface area contributed by atoms with E-state index in [4.69, 9.17) is 23.2 Å². The molecular weight excluding hydrogens is 587 g/mol.